The predicted molar refractivity (Wildman–Crippen MR) is 152 cm³/mol. The molecule has 222 valence electrons. The first-order chi connectivity index (χ1) is 19.4. The second-order valence-electron chi connectivity index (χ2n) is 11.4. The van der Waals surface area contributed by atoms with Gasteiger partial charge in [0.2, 0.25) is 11.8 Å². The summed E-state index contributed by atoms with van der Waals surface area (Å²) in [6, 6.07) is 6.49. The molecule has 3 aromatic rings. The lowest BCUT2D eigenvalue weighted by molar-refractivity contribution is -0.131. The third-order valence-corrected chi connectivity index (χ3v) is 6.15. The van der Waals surface area contributed by atoms with Crippen molar-refractivity contribution in [3.05, 3.63) is 72.3 Å². The Hall–Kier alpha value is -4.19. The highest BCUT2D eigenvalue weighted by atomic mass is 16.6. The lowest BCUT2D eigenvalue weighted by atomic mass is 9.96. The van der Waals surface area contributed by atoms with Gasteiger partial charge in [-0.3, -0.25) is 9.59 Å². The molecule has 4 atom stereocenters. The quantitative estimate of drug-likeness (QED) is 0.184. The number of carbonyl (C=O) groups is 3. The van der Waals surface area contributed by atoms with Gasteiger partial charge in [0.1, 0.15) is 23.8 Å². The molecule has 0 aliphatic heterocycles. The van der Waals surface area contributed by atoms with Gasteiger partial charge in [0, 0.05) is 25.2 Å². The standard InChI is InChI=1S/C29H41N7O5/c1-18(2)11-21(25(37)24-15-31-17-33-24)34-27(39)23(13-20-14-30-16-32-20)35-26(38)22(12-19-9-7-6-8-10-19)36-28(40)41-29(3,4)5/h6-10,14-18,21-23,25,37H,11-13H2,1-5H3,(H,30,32)(H,31,33)(H,34,39)(H,35,38)(H,36,40)/t21-,22-,23-,25?/m0/s1. The number of ether oxygens (including phenoxy) is 1. The van der Waals surface area contributed by atoms with Crippen LogP contribution >= 0.6 is 0 Å². The van der Waals surface area contributed by atoms with Gasteiger partial charge < -0.3 is 35.8 Å². The Morgan fingerprint density at radius 2 is 1.54 bits per heavy atom. The van der Waals surface area contributed by atoms with E-state index in [1.54, 1.807) is 33.2 Å². The van der Waals surface area contributed by atoms with E-state index in [1.165, 1.54) is 12.7 Å². The first-order valence-corrected chi connectivity index (χ1v) is 13.7. The minimum Gasteiger partial charge on any atom is -0.444 e. The summed E-state index contributed by atoms with van der Waals surface area (Å²) in [6.45, 7) is 9.15. The summed E-state index contributed by atoms with van der Waals surface area (Å²) in [5.41, 5.74) is 1.00. The van der Waals surface area contributed by atoms with Crippen LogP contribution in [0.2, 0.25) is 0 Å². The number of nitrogens with zero attached hydrogens (tertiary/aromatic N) is 2. The smallest absolute Gasteiger partial charge is 0.408 e. The van der Waals surface area contributed by atoms with Gasteiger partial charge in [-0.15, -0.1) is 0 Å². The molecule has 3 rings (SSSR count). The number of carbonyl (C=O) groups excluding carboxylic acids is 3. The summed E-state index contributed by atoms with van der Waals surface area (Å²) >= 11 is 0. The molecule has 0 spiro atoms. The van der Waals surface area contributed by atoms with Gasteiger partial charge in [-0.25, -0.2) is 14.8 Å². The van der Waals surface area contributed by atoms with Gasteiger partial charge in [0.25, 0.3) is 0 Å². The number of H-pyrrole nitrogens is 2. The summed E-state index contributed by atoms with van der Waals surface area (Å²) in [6.07, 6.45) is 5.07. The van der Waals surface area contributed by atoms with E-state index in [-0.39, 0.29) is 18.8 Å². The van der Waals surface area contributed by atoms with Crippen LogP contribution in [0.4, 0.5) is 4.79 Å². The van der Waals surface area contributed by atoms with Gasteiger partial charge in [-0.2, -0.15) is 0 Å². The van der Waals surface area contributed by atoms with Crippen molar-refractivity contribution in [3.8, 4) is 0 Å². The number of imidazole rings is 2. The topological polar surface area (TPSA) is 174 Å². The Kier molecular flexibility index (Phi) is 11.0. The van der Waals surface area contributed by atoms with E-state index in [0.29, 0.717) is 17.8 Å². The number of aliphatic hydroxyl groups is 1. The highest BCUT2D eigenvalue weighted by Gasteiger charge is 2.32. The van der Waals surface area contributed by atoms with E-state index in [4.69, 9.17) is 4.74 Å². The second kappa shape index (κ2) is 14.4. The van der Waals surface area contributed by atoms with Crippen molar-refractivity contribution >= 4 is 17.9 Å². The molecule has 0 fully saturated rings. The number of rotatable bonds is 13. The van der Waals surface area contributed by atoms with Gasteiger partial charge in [0.15, 0.2) is 0 Å². The van der Waals surface area contributed by atoms with Crippen molar-refractivity contribution in [2.24, 2.45) is 5.92 Å². The van der Waals surface area contributed by atoms with Crippen molar-refractivity contribution < 1.29 is 24.2 Å². The molecule has 3 amide bonds. The van der Waals surface area contributed by atoms with E-state index >= 15 is 0 Å². The Morgan fingerprint density at radius 1 is 0.902 bits per heavy atom. The lowest BCUT2D eigenvalue weighted by Crippen LogP contribution is -2.57. The lowest BCUT2D eigenvalue weighted by Gasteiger charge is -2.28. The molecular weight excluding hydrogens is 526 g/mol. The first-order valence-electron chi connectivity index (χ1n) is 13.7. The van der Waals surface area contributed by atoms with Crippen LogP contribution < -0.4 is 16.0 Å². The van der Waals surface area contributed by atoms with Crippen molar-refractivity contribution in [2.75, 3.05) is 0 Å². The van der Waals surface area contributed by atoms with E-state index in [2.05, 4.69) is 35.9 Å². The van der Waals surface area contributed by atoms with E-state index in [9.17, 15) is 19.5 Å². The van der Waals surface area contributed by atoms with E-state index in [1.807, 2.05) is 44.2 Å². The van der Waals surface area contributed by atoms with Crippen molar-refractivity contribution in [1.29, 1.82) is 0 Å². The Balaban J connectivity index is 1.82. The van der Waals surface area contributed by atoms with Crippen LogP contribution in [0.15, 0.2) is 55.4 Å². The number of nitrogens with one attached hydrogen (secondary N) is 5. The number of benzene rings is 1. The van der Waals surface area contributed by atoms with E-state index in [0.717, 1.165) is 5.56 Å². The molecular formula is C29H41N7O5. The third-order valence-electron chi connectivity index (χ3n) is 6.15. The molecule has 1 unspecified atom stereocenters. The monoisotopic (exact) mass is 567 g/mol. The molecule has 0 saturated carbocycles. The zero-order chi connectivity index (χ0) is 30.0. The molecule has 0 aliphatic carbocycles. The maximum absolute atomic E-state index is 13.6. The molecule has 6 N–H and O–H groups in total. The SMILES string of the molecule is CC(C)C[C@H](NC(=O)[C@H](Cc1c[nH]cn1)NC(=O)[C@H](Cc1ccccc1)NC(=O)OC(C)(C)C)C(O)c1c[nH]cn1. The highest BCUT2D eigenvalue weighted by molar-refractivity contribution is 5.91. The minimum atomic E-state index is -1.06. The van der Waals surface area contributed by atoms with Gasteiger partial charge in [0.05, 0.1) is 30.1 Å². The summed E-state index contributed by atoms with van der Waals surface area (Å²) in [4.78, 5) is 53.9. The number of amides is 3. The second-order valence-corrected chi connectivity index (χ2v) is 11.4. The van der Waals surface area contributed by atoms with E-state index < -0.39 is 47.7 Å². The molecule has 1 aromatic carbocycles. The van der Waals surface area contributed by atoms with Gasteiger partial charge in [-0.05, 0) is 38.7 Å². The number of aliphatic hydroxyl groups excluding tert-OH is 1. The summed E-state index contributed by atoms with van der Waals surface area (Å²) in [7, 11) is 0. The molecule has 41 heavy (non-hydrogen) atoms. The molecule has 2 heterocycles. The highest BCUT2D eigenvalue weighted by Crippen LogP contribution is 2.20. The van der Waals surface area contributed by atoms with Crippen LogP contribution in [0.25, 0.3) is 0 Å². The molecule has 0 aliphatic rings. The number of alkyl carbamates (subject to hydrolysis) is 1. The zero-order valence-corrected chi connectivity index (χ0v) is 24.2. The molecule has 0 saturated heterocycles. The number of hydrogen-bond donors (Lipinski definition) is 6. The van der Waals surface area contributed by atoms with Crippen LogP contribution in [0.3, 0.4) is 0 Å². The molecule has 0 radical (unpaired) electrons. The largest absolute Gasteiger partial charge is 0.444 e. The Morgan fingerprint density at radius 3 is 2.12 bits per heavy atom. The zero-order valence-electron chi connectivity index (χ0n) is 24.2. The van der Waals surface area contributed by atoms with Crippen molar-refractivity contribution in [2.45, 2.75) is 83.7 Å². The van der Waals surface area contributed by atoms with Crippen molar-refractivity contribution in [1.82, 2.24) is 35.9 Å². The normalized spacial score (nSPS) is 14.5. The number of aromatic nitrogens is 4. The maximum atomic E-state index is 13.6. The molecule has 0 bridgehead atoms. The van der Waals surface area contributed by atoms with Crippen LogP contribution in [0.1, 0.15) is 64.1 Å². The van der Waals surface area contributed by atoms with Gasteiger partial charge >= 0.3 is 6.09 Å². The van der Waals surface area contributed by atoms with Crippen LogP contribution in [-0.4, -0.2) is 66.7 Å². The molecule has 12 heteroatoms. The third kappa shape index (κ3) is 10.4. The fraction of sp³-hybridized carbons (Fsp3) is 0.483. The summed E-state index contributed by atoms with van der Waals surface area (Å²) in [5, 5.41) is 19.3. The predicted octanol–water partition coefficient (Wildman–Crippen LogP) is 2.56. The number of hydrogen-bond acceptors (Lipinski definition) is 7. The van der Waals surface area contributed by atoms with Crippen LogP contribution in [-0.2, 0) is 27.2 Å². The average molecular weight is 568 g/mol. The number of aromatic amines is 2. The minimum absolute atomic E-state index is 0.0818. The fourth-order valence-electron chi connectivity index (χ4n) is 4.30. The summed E-state index contributed by atoms with van der Waals surface area (Å²) in [5.74, 6) is -0.914. The molecule has 12 nitrogen and oxygen atoms in total. The summed E-state index contributed by atoms with van der Waals surface area (Å²) < 4.78 is 5.39. The van der Waals surface area contributed by atoms with Crippen molar-refractivity contribution in [3.63, 3.8) is 0 Å². The molecule has 2 aromatic heterocycles. The van der Waals surface area contributed by atoms with Crippen LogP contribution in [0, 0.1) is 5.92 Å². The Bertz CT molecular complexity index is 1220. The first kappa shape index (κ1) is 31.3. The van der Waals surface area contributed by atoms with Gasteiger partial charge in [-0.1, -0.05) is 44.2 Å². The maximum Gasteiger partial charge on any atom is 0.408 e. The average Bonchev–Trinajstić information content (AvgIpc) is 3.61. The van der Waals surface area contributed by atoms with Crippen LogP contribution in [0.5, 0.6) is 0 Å². The fourth-order valence-corrected chi connectivity index (χ4v) is 4.30. The Labute approximate surface area is 240 Å².